The minimum atomic E-state index is 0. The fourth-order valence-corrected chi connectivity index (χ4v) is 1.77. The molecule has 1 aromatic carbocycles. The largest absolute Gasteiger partial charge is 2.00 e. The standard InChI is InChI=1S/C11H12ClO.BrH.Mg/c12-9-5-7-11(8-6-9)13-10-3-1-2-4-10;;/h5-7,10H,1-4H2;1H;/q-1;;+2/p-1. The van der Waals surface area contributed by atoms with E-state index in [1.165, 1.54) is 25.7 Å². The second kappa shape index (κ2) is 7.77. The van der Waals surface area contributed by atoms with E-state index in [9.17, 15) is 0 Å². The van der Waals surface area contributed by atoms with Crippen molar-refractivity contribution in [3.63, 3.8) is 0 Å². The molecule has 1 fully saturated rings. The molecule has 0 spiro atoms. The van der Waals surface area contributed by atoms with Crippen LogP contribution in [0.2, 0.25) is 5.02 Å². The molecule has 0 atom stereocenters. The average Bonchev–Trinajstić information content (AvgIpc) is 2.62. The van der Waals surface area contributed by atoms with Gasteiger partial charge in [-0.15, -0.1) is 12.1 Å². The van der Waals surface area contributed by atoms with Crippen LogP contribution in [0.25, 0.3) is 0 Å². The molecule has 0 unspecified atom stereocenters. The zero-order chi connectivity index (χ0) is 9.10. The van der Waals surface area contributed by atoms with Gasteiger partial charge in [0.05, 0.1) is 6.10 Å². The predicted octanol–water partition coefficient (Wildman–Crippen LogP) is 0.0848. The second-order valence-corrected chi connectivity index (χ2v) is 3.83. The van der Waals surface area contributed by atoms with Gasteiger partial charge in [-0.3, -0.25) is 0 Å². The summed E-state index contributed by atoms with van der Waals surface area (Å²) in [5.74, 6) is 0.816. The molecule has 2 rings (SSSR count). The Labute approximate surface area is 122 Å². The van der Waals surface area contributed by atoms with Crippen molar-refractivity contribution in [3.8, 4) is 5.75 Å². The van der Waals surface area contributed by atoms with Gasteiger partial charge in [-0.25, -0.2) is 0 Å². The minimum Gasteiger partial charge on any atom is -1.00 e. The van der Waals surface area contributed by atoms with Crippen LogP contribution in [0.1, 0.15) is 25.7 Å². The Morgan fingerprint density at radius 2 is 1.93 bits per heavy atom. The number of hydrogen-bond donors (Lipinski definition) is 0. The molecule has 1 aliphatic rings. The maximum atomic E-state index is 5.74. The van der Waals surface area contributed by atoms with Crippen molar-refractivity contribution < 1.29 is 21.7 Å². The Bertz CT molecular complexity index is 272. The summed E-state index contributed by atoms with van der Waals surface area (Å²) in [5.41, 5.74) is 0. The molecule has 1 aromatic rings. The average molecular weight is 300 g/mol. The van der Waals surface area contributed by atoms with Crippen LogP contribution in [0, 0.1) is 6.07 Å². The molecule has 78 valence electrons. The molecular weight excluding hydrogens is 288 g/mol. The summed E-state index contributed by atoms with van der Waals surface area (Å²) in [5, 5.41) is 0.707. The van der Waals surface area contributed by atoms with Gasteiger partial charge in [0.25, 0.3) is 0 Å². The quantitative estimate of drug-likeness (QED) is 0.555. The maximum absolute atomic E-state index is 5.74. The van der Waals surface area contributed by atoms with E-state index in [-0.39, 0.29) is 40.0 Å². The van der Waals surface area contributed by atoms with Crippen molar-refractivity contribution in [1.29, 1.82) is 0 Å². The summed E-state index contributed by atoms with van der Waals surface area (Å²) >= 11 is 5.74. The molecule has 0 heterocycles. The molecule has 1 saturated carbocycles. The number of ether oxygens (including phenoxy) is 1. The number of halogens is 2. The van der Waals surface area contributed by atoms with Crippen molar-refractivity contribution in [2.24, 2.45) is 0 Å². The molecule has 0 bridgehead atoms. The minimum absolute atomic E-state index is 0. The van der Waals surface area contributed by atoms with Crippen LogP contribution in [-0.2, 0) is 0 Å². The number of hydrogen-bond acceptors (Lipinski definition) is 1. The van der Waals surface area contributed by atoms with E-state index in [0.717, 1.165) is 5.75 Å². The number of benzene rings is 1. The zero-order valence-corrected chi connectivity index (χ0v) is 12.3. The van der Waals surface area contributed by atoms with Crippen LogP contribution < -0.4 is 21.7 Å². The molecule has 0 saturated heterocycles. The molecule has 0 radical (unpaired) electrons. The molecule has 0 N–H and O–H groups in total. The van der Waals surface area contributed by atoms with E-state index in [2.05, 4.69) is 6.07 Å². The molecule has 1 nitrogen and oxygen atoms in total. The first-order chi connectivity index (χ1) is 6.34. The summed E-state index contributed by atoms with van der Waals surface area (Å²) in [6, 6.07) is 8.46. The zero-order valence-electron chi connectivity index (χ0n) is 8.51. The first-order valence-corrected chi connectivity index (χ1v) is 5.06. The third-order valence-corrected chi connectivity index (χ3v) is 2.58. The Kier molecular flexibility index (Phi) is 8.06. The molecule has 15 heavy (non-hydrogen) atoms. The Balaban J connectivity index is 0.000000980. The monoisotopic (exact) mass is 298 g/mol. The van der Waals surface area contributed by atoms with Crippen LogP contribution >= 0.6 is 11.6 Å². The van der Waals surface area contributed by atoms with Gasteiger partial charge in [-0.1, -0.05) is 5.02 Å². The van der Waals surface area contributed by atoms with Crippen LogP contribution in [0.15, 0.2) is 18.2 Å². The van der Waals surface area contributed by atoms with E-state index in [4.69, 9.17) is 16.3 Å². The van der Waals surface area contributed by atoms with E-state index < -0.39 is 0 Å². The SMILES string of the molecule is Clc1c[c-]c(OC2CCCC2)cc1.[Br-].[Mg+2]. The van der Waals surface area contributed by atoms with E-state index >= 15 is 0 Å². The van der Waals surface area contributed by atoms with Gasteiger partial charge in [0.1, 0.15) is 0 Å². The van der Waals surface area contributed by atoms with Crippen molar-refractivity contribution in [3.05, 3.63) is 29.3 Å². The van der Waals surface area contributed by atoms with Gasteiger partial charge in [-0.2, -0.15) is 23.7 Å². The number of rotatable bonds is 2. The molecule has 0 aliphatic heterocycles. The molecule has 0 amide bonds. The molecule has 4 heteroatoms. The Morgan fingerprint density at radius 3 is 2.47 bits per heavy atom. The van der Waals surface area contributed by atoms with Crippen molar-refractivity contribution in [2.45, 2.75) is 31.8 Å². The van der Waals surface area contributed by atoms with E-state index in [0.29, 0.717) is 11.1 Å². The molecule has 0 aromatic heterocycles. The first-order valence-electron chi connectivity index (χ1n) is 4.68. The van der Waals surface area contributed by atoms with E-state index in [1.54, 1.807) is 6.07 Å². The van der Waals surface area contributed by atoms with Crippen molar-refractivity contribution in [2.75, 3.05) is 0 Å². The van der Waals surface area contributed by atoms with Crippen molar-refractivity contribution >= 4 is 34.7 Å². The van der Waals surface area contributed by atoms with Crippen LogP contribution in [0.5, 0.6) is 5.75 Å². The molecular formula is C11H12BrClMgO. The van der Waals surface area contributed by atoms with Gasteiger partial charge < -0.3 is 21.7 Å². The maximum Gasteiger partial charge on any atom is 2.00 e. The fraction of sp³-hybridized carbons (Fsp3) is 0.455. The second-order valence-electron chi connectivity index (χ2n) is 3.40. The third kappa shape index (κ3) is 4.94. The topological polar surface area (TPSA) is 9.23 Å². The summed E-state index contributed by atoms with van der Waals surface area (Å²) in [6.07, 6.45) is 5.33. The Morgan fingerprint density at radius 1 is 1.27 bits per heavy atom. The Hall–Kier alpha value is 0.556. The van der Waals surface area contributed by atoms with Gasteiger partial charge in [0.15, 0.2) is 0 Å². The van der Waals surface area contributed by atoms with Crippen LogP contribution in [0.4, 0.5) is 0 Å². The summed E-state index contributed by atoms with van der Waals surface area (Å²) in [6.45, 7) is 0. The fourth-order valence-electron chi connectivity index (χ4n) is 1.65. The van der Waals surface area contributed by atoms with Gasteiger partial charge in [-0.05, 0) is 25.7 Å². The van der Waals surface area contributed by atoms with Crippen LogP contribution in [-0.4, -0.2) is 29.2 Å². The normalized spacial score (nSPS) is 15.3. The van der Waals surface area contributed by atoms with Crippen LogP contribution in [0.3, 0.4) is 0 Å². The summed E-state index contributed by atoms with van der Waals surface area (Å²) < 4.78 is 5.72. The van der Waals surface area contributed by atoms with Gasteiger partial charge in [0.2, 0.25) is 0 Å². The summed E-state index contributed by atoms with van der Waals surface area (Å²) in [4.78, 5) is 0. The summed E-state index contributed by atoms with van der Waals surface area (Å²) in [7, 11) is 0. The third-order valence-electron chi connectivity index (χ3n) is 2.34. The molecule has 1 aliphatic carbocycles. The van der Waals surface area contributed by atoms with Gasteiger partial charge >= 0.3 is 23.1 Å². The smallest absolute Gasteiger partial charge is 1.00 e. The first kappa shape index (κ1) is 15.6. The van der Waals surface area contributed by atoms with E-state index in [1.807, 2.05) is 12.1 Å². The van der Waals surface area contributed by atoms with Crippen molar-refractivity contribution in [1.82, 2.24) is 0 Å². The predicted molar refractivity (Wildman–Crippen MR) is 58.9 cm³/mol. The van der Waals surface area contributed by atoms with Gasteiger partial charge in [0, 0.05) is 5.75 Å².